The second-order valence-corrected chi connectivity index (χ2v) is 3.20. The molecule has 1 aromatic rings. The molecule has 1 saturated heterocycles. The SMILES string of the molecule is C#CCc1cccc(C2OCCO2)c1. The molecule has 2 nitrogen and oxygen atoms in total. The Balaban J connectivity index is 2.17. The summed E-state index contributed by atoms with van der Waals surface area (Å²) in [6.07, 6.45) is 5.70. The van der Waals surface area contributed by atoms with Crippen molar-refractivity contribution in [2.24, 2.45) is 0 Å². The van der Waals surface area contributed by atoms with E-state index in [0.29, 0.717) is 19.6 Å². The Kier molecular flexibility index (Phi) is 2.83. The first-order valence-corrected chi connectivity index (χ1v) is 4.65. The monoisotopic (exact) mass is 188 g/mol. The molecule has 1 fully saturated rings. The Bertz CT molecular complexity index is 346. The summed E-state index contributed by atoms with van der Waals surface area (Å²) >= 11 is 0. The Morgan fingerprint density at radius 1 is 1.36 bits per heavy atom. The van der Waals surface area contributed by atoms with Gasteiger partial charge in [0.2, 0.25) is 0 Å². The summed E-state index contributed by atoms with van der Waals surface area (Å²) in [5, 5.41) is 0. The van der Waals surface area contributed by atoms with Gasteiger partial charge >= 0.3 is 0 Å². The van der Waals surface area contributed by atoms with Crippen molar-refractivity contribution in [2.75, 3.05) is 13.2 Å². The zero-order chi connectivity index (χ0) is 9.80. The highest BCUT2D eigenvalue weighted by atomic mass is 16.7. The van der Waals surface area contributed by atoms with Crippen LogP contribution < -0.4 is 0 Å². The van der Waals surface area contributed by atoms with Gasteiger partial charge in [-0.25, -0.2) is 0 Å². The minimum absolute atomic E-state index is 0.201. The lowest BCUT2D eigenvalue weighted by Crippen LogP contribution is -1.98. The lowest BCUT2D eigenvalue weighted by Gasteiger charge is -2.09. The molecule has 0 aromatic heterocycles. The number of rotatable bonds is 2. The number of terminal acetylenes is 1. The van der Waals surface area contributed by atoms with Crippen molar-refractivity contribution in [2.45, 2.75) is 12.7 Å². The molecule has 0 unspecified atom stereocenters. The van der Waals surface area contributed by atoms with Crippen molar-refractivity contribution < 1.29 is 9.47 Å². The molecular formula is C12H12O2. The van der Waals surface area contributed by atoms with Crippen LogP contribution in [-0.4, -0.2) is 13.2 Å². The molecule has 2 heteroatoms. The summed E-state index contributed by atoms with van der Waals surface area (Å²) in [6, 6.07) is 8.03. The fourth-order valence-corrected chi connectivity index (χ4v) is 1.52. The molecule has 14 heavy (non-hydrogen) atoms. The molecule has 1 aliphatic rings. The van der Waals surface area contributed by atoms with Crippen molar-refractivity contribution in [3.8, 4) is 12.3 Å². The topological polar surface area (TPSA) is 18.5 Å². The molecule has 72 valence electrons. The van der Waals surface area contributed by atoms with Gasteiger partial charge in [0.15, 0.2) is 6.29 Å². The van der Waals surface area contributed by atoms with Gasteiger partial charge in [0.25, 0.3) is 0 Å². The van der Waals surface area contributed by atoms with Crippen LogP contribution >= 0.6 is 0 Å². The van der Waals surface area contributed by atoms with Crippen molar-refractivity contribution >= 4 is 0 Å². The summed E-state index contributed by atoms with van der Waals surface area (Å²) in [4.78, 5) is 0. The van der Waals surface area contributed by atoms with Crippen LogP contribution in [0.3, 0.4) is 0 Å². The maximum absolute atomic E-state index is 5.40. The summed E-state index contributed by atoms with van der Waals surface area (Å²) < 4.78 is 10.8. The molecule has 0 bridgehead atoms. The van der Waals surface area contributed by atoms with Crippen LogP contribution in [0.5, 0.6) is 0 Å². The standard InChI is InChI=1S/C12H12O2/c1-2-4-10-5-3-6-11(9-10)12-13-7-8-14-12/h1,3,5-6,9,12H,4,7-8H2. The van der Waals surface area contributed by atoms with Gasteiger partial charge < -0.3 is 9.47 Å². The van der Waals surface area contributed by atoms with Crippen LogP contribution in [0.25, 0.3) is 0 Å². The zero-order valence-corrected chi connectivity index (χ0v) is 7.90. The smallest absolute Gasteiger partial charge is 0.184 e. The fraction of sp³-hybridized carbons (Fsp3) is 0.333. The highest BCUT2D eigenvalue weighted by Crippen LogP contribution is 2.23. The number of benzene rings is 1. The molecular weight excluding hydrogens is 176 g/mol. The van der Waals surface area contributed by atoms with E-state index < -0.39 is 0 Å². The molecule has 1 aliphatic heterocycles. The molecule has 0 saturated carbocycles. The van der Waals surface area contributed by atoms with Crippen molar-refractivity contribution in [1.82, 2.24) is 0 Å². The molecule has 0 amide bonds. The van der Waals surface area contributed by atoms with Gasteiger partial charge in [-0.15, -0.1) is 12.3 Å². The van der Waals surface area contributed by atoms with Gasteiger partial charge in [-0.05, 0) is 11.6 Å². The zero-order valence-electron chi connectivity index (χ0n) is 7.90. The second-order valence-electron chi connectivity index (χ2n) is 3.20. The van der Waals surface area contributed by atoms with Gasteiger partial charge in [0.05, 0.1) is 13.2 Å². The van der Waals surface area contributed by atoms with Crippen molar-refractivity contribution in [3.05, 3.63) is 35.4 Å². The average Bonchev–Trinajstić information content (AvgIpc) is 2.71. The van der Waals surface area contributed by atoms with Crippen LogP contribution in [-0.2, 0) is 15.9 Å². The Labute approximate surface area is 83.8 Å². The van der Waals surface area contributed by atoms with E-state index in [4.69, 9.17) is 15.9 Å². The molecule has 0 atom stereocenters. The highest BCUT2D eigenvalue weighted by molar-refractivity contribution is 5.27. The quantitative estimate of drug-likeness (QED) is 0.660. The highest BCUT2D eigenvalue weighted by Gasteiger charge is 2.17. The largest absolute Gasteiger partial charge is 0.346 e. The van der Waals surface area contributed by atoms with E-state index in [-0.39, 0.29) is 6.29 Å². The fourth-order valence-electron chi connectivity index (χ4n) is 1.52. The number of hydrogen-bond donors (Lipinski definition) is 0. The first-order valence-electron chi connectivity index (χ1n) is 4.65. The summed E-state index contributed by atoms with van der Waals surface area (Å²) in [7, 11) is 0. The van der Waals surface area contributed by atoms with Crippen molar-refractivity contribution in [3.63, 3.8) is 0 Å². The molecule has 0 aliphatic carbocycles. The molecule has 1 aromatic carbocycles. The predicted octanol–water partition coefficient (Wildman–Crippen LogP) is 1.91. The minimum Gasteiger partial charge on any atom is -0.346 e. The Morgan fingerprint density at radius 3 is 2.86 bits per heavy atom. The lowest BCUT2D eigenvalue weighted by atomic mass is 10.1. The van der Waals surface area contributed by atoms with Gasteiger partial charge in [-0.1, -0.05) is 18.2 Å². The van der Waals surface area contributed by atoms with Crippen LogP contribution in [0.4, 0.5) is 0 Å². The van der Waals surface area contributed by atoms with Gasteiger partial charge in [-0.3, -0.25) is 0 Å². The van der Waals surface area contributed by atoms with Gasteiger partial charge in [0.1, 0.15) is 0 Å². The third-order valence-corrected chi connectivity index (χ3v) is 2.15. The maximum Gasteiger partial charge on any atom is 0.184 e. The molecule has 2 rings (SSSR count). The normalized spacial score (nSPS) is 16.8. The van der Waals surface area contributed by atoms with E-state index in [9.17, 15) is 0 Å². The lowest BCUT2D eigenvalue weighted by molar-refractivity contribution is -0.0441. The molecule has 0 N–H and O–H groups in total. The van der Waals surface area contributed by atoms with Gasteiger partial charge in [-0.2, -0.15) is 0 Å². The van der Waals surface area contributed by atoms with E-state index >= 15 is 0 Å². The second kappa shape index (κ2) is 4.28. The number of hydrogen-bond acceptors (Lipinski definition) is 2. The van der Waals surface area contributed by atoms with E-state index in [1.807, 2.05) is 24.3 Å². The van der Waals surface area contributed by atoms with Crippen LogP contribution in [0.2, 0.25) is 0 Å². The number of ether oxygens (including phenoxy) is 2. The molecule has 1 heterocycles. The van der Waals surface area contributed by atoms with Gasteiger partial charge in [0, 0.05) is 12.0 Å². The molecule has 0 radical (unpaired) electrons. The minimum atomic E-state index is -0.201. The third kappa shape index (κ3) is 1.95. The van der Waals surface area contributed by atoms with E-state index in [1.165, 1.54) is 0 Å². The summed E-state index contributed by atoms with van der Waals surface area (Å²) in [5.74, 6) is 2.62. The third-order valence-electron chi connectivity index (χ3n) is 2.15. The Hall–Kier alpha value is -1.30. The predicted molar refractivity (Wildman–Crippen MR) is 53.6 cm³/mol. The maximum atomic E-state index is 5.40. The van der Waals surface area contributed by atoms with Crippen LogP contribution in [0.1, 0.15) is 17.4 Å². The first kappa shape index (κ1) is 9.26. The first-order chi connectivity index (χ1) is 6.90. The summed E-state index contributed by atoms with van der Waals surface area (Å²) in [6.45, 7) is 1.34. The van der Waals surface area contributed by atoms with E-state index in [2.05, 4.69) is 5.92 Å². The van der Waals surface area contributed by atoms with E-state index in [0.717, 1.165) is 11.1 Å². The summed E-state index contributed by atoms with van der Waals surface area (Å²) in [5.41, 5.74) is 2.18. The average molecular weight is 188 g/mol. The van der Waals surface area contributed by atoms with Crippen LogP contribution in [0, 0.1) is 12.3 Å². The Morgan fingerprint density at radius 2 is 2.14 bits per heavy atom. The van der Waals surface area contributed by atoms with E-state index in [1.54, 1.807) is 0 Å². The van der Waals surface area contributed by atoms with Crippen LogP contribution in [0.15, 0.2) is 24.3 Å². The van der Waals surface area contributed by atoms with Crippen molar-refractivity contribution in [1.29, 1.82) is 0 Å². The molecule has 0 spiro atoms.